The van der Waals surface area contributed by atoms with Crippen molar-refractivity contribution in [3.63, 3.8) is 0 Å². The fraction of sp³-hybridized carbons (Fsp3) is 0.857. The lowest BCUT2D eigenvalue weighted by Crippen LogP contribution is -2.38. The number of likely N-dealkylation sites (N-methyl/N-ethyl adjacent to an activating group) is 1. The highest BCUT2D eigenvalue weighted by Crippen LogP contribution is 2.33. The number of nitriles is 1. The van der Waals surface area contributed by atoms with E-state index >= 15 is 0 Å². The van der Waals surface area contributed by atoms with Crippen LogP contribution in [0.2, 0.25) is 0 Å². The molecule has 1 saturated heterocycles. The number of hydrogen-bond acceptors (Lipinski definition) is 3. The van der Waals surface area contributed by atoms with Crippen molar-refractivity contribution in [2.75, 3.05) is 33.2 Å². The molecule has 18 heavy (non-hydrogen) atoms. The van der Waals surface area contributed by atoms with Gasteiger partial charge in [0.2, 0.25) is 5.91 Å². The summed E-state index contributed by atoms with van der Waals surface area (Å²) in [5.74, 6) is 0.800. The summed E-state index contributed by atoms with van der Waals surface area (Å²) in [6.07, 6.45) is 1.59. The van der Waals surface area contributed by atoms with Crippen LogP contribution in [-0.2, 0) is 4.79 Å². The molecule has 4 nitrogen and oxygen atoms in total. The monoisotopic (exact) mass is 251 g/mol. The highest BCUT2D eigenvalue weighted by molar-refractivity contribution is 5.78. The molecule has 1 heterocycles. The maximum Gasteiger partial charge on any atom is 0.236 e. The van der Waals surface area contributed by atoms with E-state index < -0.39 is 0 Å². The zero-order valence-electron chi connectivity index (χ0n) is 12.1. The maximum atomic E-state index is 11.9. The van der Waals surface area contributed by atoms with Crippen molar-refractivity contribution in [1.29, 1.82) is 5.26 Å². The maximum absolute atomic E-state index is 11.9. The van der Waals surface area contributed by atoms with E-state index in [0.29, 0.717) is 30.8 Å². The van der Waals surface area contributed by atoms with Gasteiger partial charge < -0.3 is 4.90 Å². The van der Waals surface area contributed by atoms with Crippen molar-refractivity contribution in [2.45, 2.75) is 33.6 Å². The van der Waals surface area contributed by atoms with Crippen molar-refractivity contribution in [1.82, 2.24) is 9.80 Å². The highest BCUT2D eigenvalue weighted by atomic mass is 16.2. The van der Waals surface area contributed by atoms with Gasteiger partial charge in [-0.25, -0.2) is 0 Å². The Bertz CT molecular complexity index is 327. The van der Waals surface area contributed by atoms with E-state index in [4.69, 9.17) is 5.26 Å². The van der Waals surface area contributed by atoms with Crippen molar-refractivity contribution in [2.24, 2.45) is 11.3 Å². The summed E-state index contributed by atoms with van der Waals surface area (Å²) in [6, 6.07) is 2.07. The Hall–Kier alpha value is -1.08. The van der Waals surface area contributed by atoms with Crippen LogP contribution in [-0.4, -0.2) is 48.9 Å². The summed E-state index contributed by atoms with van der Waals surface area (Å²) in [5.41, 5.74) is 0.324. The molecule has 0 saturated carbocycles. The van der Waals surface area contributed by atoms with Crippen molar-refractivity contribution < 1.29 is 4.79 Å². The quantitative estimate of drug-likeness (QED) is 0.764. The van der Waals surface area contributed by atoms with Crippen LogP contribution >= 0.6 is 0 Å². The molecule has 102 valence electrons. The second-order valence-electron chi connectivity index (χ2n) is 6.31. The molecule has 0 aliphatic carbocycles. The first-order chi connectivity index (χ1) is 8.34. The molecule has 1 fully saturated rings. The van der Waals surface area contributed by atoms with Crippen LogP contribution in [0.1, 0.15) is 33.6 Å². The Balaban J connectivity index is 2.37. The summed E-state index contributed by atoms with van der Waals surface area (Å²) in [6.45, 7) is 9.85. The van der Waals surface area contributed by atoms with Gasteiger partial charge in [-0.05, 0) is 24.3 Å². The average Bonchev–Trinajstić information content (AvgIpc) is 2.73. The van der Waals surface area contributed by atoms with E-state index in [2.05, 4.69) is 31.7 Å². The fourth-order valence-electron chi connectivity index (χ4n) is 2.34. The first-order valence-electron chi connectivity index (χ1n) is 6.68. The third-order valence-electron chi connectivity index (χ3n) is 3.84. The van der Waals surface area contributed by atoms with E-state index in [0.717, 1.165) is 13.1 Å². The summed E-state index contributed by atoms with van der Waals surface area (Å²) >= 11 is 0. The van der Waals surface area contributed by atoms with Crippen LogP contribution in [0.3, 0.4) is 0 Å². The third-order valence-corrected chi connectivity index (χ3v) is 3.84. The summed E-state index contributed by atoms with van der Waals surface area (Å²) in [7, 11) is 1.77. The minimum absolute atomic E-state index is 0.125. The molecule has 1 amide bonds. The fourth-order valence-corrected chi connectivity index (χ4v) is 2.34. The molecule has 1 rings (SSSR count). The predicted molar refractivity (Wildman–Crippen MR) is 71.9 cm³/mol. The van der Waals surface area contributed by atoms with Gasteiger partial charge in [-0.2, -0.15) is 5.26 Å². The van der Waals surface area contributed by atoms with Crippen LogP contribution in [0.5, 0.6) is 0 Å². The predicted octanol–water partition coefficient (Wildman–Crippen LogP) is 1.73. The minimum Gasteiger partial charge on any atom is -0.344 e. The van der Waals surface area contributed by atoms with Gasteiger partial charge in [0, 0.05) is 20.1 Å². The van der Waals surface area contributed by atoms with Gasteiger partial charge in [0.1, 0.15) is 0 Å². The van der Waals surface area contributed by atoms with E-state index in [9.17, 15) is 4.79 Å². The Kier molecular flexibility index (Phi) is 5.15. The molecule has 1 aliphatic heterocycles. The largest absolute Gasteiger partial charge is 0.344 e. The number of amides is 1. The standard InChI is InChI=1S/C14H25N3O/c1-14(2,3)12-6-9-17(10-12)11-13(18)16(4)8-5-7-15/h12H,5-6,8-11H2,1-4H3. The molecular formula is C14H25N3O. The van der Waals surface area contributed by atoms with Crippen LogP contribution in [0.4, 0.5) is 0 Å². The molecule has 0 aromatic carbocycles. The number of nitrogens with zero attached hydrogens (tertiary/aromatic N) is 3. The van der Waals surface area contributed by atoms with Gasteiger partial charge >= 0.3 is 0 Å². The Labute approximate surface area is 111 Å². The topological polar surface area (TPSA) is 47.3 Å². The number of hydrogen-bond donors (Lipinski definition) is 0. The van der Waals surface area contributed by atoms with Crippen molar-refractivity contribution in [3.05, 3.63) is 0 Å². The normalized spacial score (nSPS) is 20.7. The van der Waals surface area contributed by atoms with Gasteiger partial charge in [0.25, 0.3) is 0 Å². The molecule has 4 heteroatoms. The Morgan fingerprint density at radius 2 is 2.17 bits per heavy atom. The van der Waals surface area contributed by atoms with Gasteiger partial charge in [0.05, 0.1) is 19.0 Å². The minimum atomic E-state index is 0.125. The number of carbonyl (C=O) groups is 1. The van der Waals surface area contributed by atoms with E-state index in [1.807, 2.05) is 0 Å². The second kappa shape index (κ2) is 6.19. The van der Waals surface area contributed by atoms with Gasteiger partial charge in [-0.1, -0.05) is 20.8 Å². The van der Waals surface area contributed by atoms with Gasteiger partial charge in [-0.15, -0.1) is 0 Å². The smallest absolute Gasteiger partial charge is 0.236 e. The summed E-state index contributed by atoms with van der Waals surface area (Å²) in [4.78, 5) is 15.8. The molecule has 1 unspecified atom stereocenters. The molecule has 1 atom stereocenters. The molecule has 0 aromatic heterocycles. The van der Waals surface area contributed by atoms with E-state index in [1.165, 1.54) is 6.42 Å². The number of carbonyl (C=O) groups excluding carboxylic acids is 1. The van der Waals surface area contributed by atoms with E-state index in [-0.39, 0.29) is 5.91 Å². The molecule has 0 N–H and O–H groups in total. The lowest BCUT2D eigenvalue weighted by Gasteiger charge is -2.27. The molecule has 0 bridgehead atoms. The van der Waals surface area contributed by atoms with Crippen LogP contribution in [0.15, 0.2) is 0 Å². The molecular weight excluding hydrogens is 226 g/mol. The van der Waals surface area contributed by atoms with Crippen LogP contribution in [0, 0.1) is 22.7 Å². The van der Waals surface area contributed by atoms with Crippen molar-refractivity contribution in [3.8, 4) is 6.07 Å². The Morgan fingerprint density at radius 1 is 1.50 bits per heavy atom. The van der Waals surface area contributed by atoms with E-state index in [1.54, 1.807) is 11.9 Å². The highest BCUT2D eigenvalue weighted by Gasteiger charge is 2.32. The SMILES string of the molecule is CN(CCC#N)C(=O)CN1CCC(C(C)(C)C)C1. The van der Waals surface area contributed by atoms with Crippen LogP contribution in [0.25, 0.3) is 0 Å². The molecule has 1 aliphatic rings. The lowest BCUT2D eigenvalue weighted by molar-refractivity contribution is -0.130. The first-order valence-corrected chi connectivity index (χ1v) is 6.68. The average molecular weight is 251 g/mol. The molecule has 0 aromatic rings. The third kappa shape index (κ3) is 4.30. The number of likely N-dealkylation sites (tertiary alicyclic amines) is 1. The first kappa shape index (κ1) is 15.0. The summed E-state index contributed by atoms with van der Waals surface area (Å²) < 4.78 is 0. The summed E-state index contributed by atoms with van der Waals surface area (Å²) in [5, 5.41) is 8.51. The molecule has 0 spiro atoms. The Morgan fingerprint density at radius 3 is 2.67 bits per heavy atom. The zero-order valence-corrected chi connectivity index (χ0v) is 12.1. The van der Waals surface area contributed by atoms with Crippen LogP contribution < -0.4 is 0 Å². The van der Waals surface area contributed by atoms with Crippen molar-refractivity contribution >= 4 is 5.91 Å². The lowest BCUT2D eigenvalue weighted by atomic mass is 9.80. The number of rotatable bonds is 4. The van der Waals surface area contributed by atoms with Gasteiger partial charge in [0.15, 0.2) is 0 Å². The second-order valence-corrected chi connectivity index (χ2v) is 6.31. The molecule has 0 radical (unpaired) electrons. The van der Waals surface area contributed by atoms with Gasteiger partial charge in [-0.3, -0.25) is 9.69 Å². The zero-order chi connectivity index (χ0) is 13.8.